The monoisotopic (exact) mass is 1160 g/mol. The van der Waals surface area contributed by atoms with Crippen LogP contribution in [0.15, 0.2) is 72.9 Å². The molecule has 0 saturated heterocycles. The molecule has 0 N–H and O–H groups in total. The van der Waals surface area contributed by atoms with Crippen molar-refractivity contribution in [3.05, 3.63) is 72.9 Å². The molecule has 83 heavy (non-hydrogen) atoms. The van der Waals surface area contributed by atoms with Crippen molar-refractivity contribution in [3.8, 4) is 0 Å². The first-order valence-electron chi connectivity index (χ1n) is 36.4. The number of carbonyl (C=O) groups excluding carboxylic acids is 3. The standard InChI is InChI=1S/C77H138O6/c1-4-7-10-13-16-19-22-25-28-31-33-34-35-36-37-38-39-40-41-42-43-44-45-47-49-52-55-58-61-64-67-70-76(79)82-73-74(72-81-75(78)69-66-63-60-57-54-51-48-30-27-24-21-18-15-12-9-6-3)83-77(80)71-68-65-62-59-56-53-50-46-32-29-26-23-20-17-14-11-8-5-2/h7,10,16,19-20,23,25,28-29,32-34,74H,4-6,8-9,11-15,17-18,21-22,24,26-27,30-31,35-73H2,1-3H3/b10-7-,19-16-,23-20-,28-25-,32-29-,34-33-. The molecule has 0 aliphatic rings. The van der Waals surface area contributed by atoms with Crippen LogP contribution in [0.2, 0.25) is 0 Å². The molecule has 6 nitrogen and oxygen atoms in total. The van der Waals surface area contributed by atoms with Gasteiger partial charge in [-0.1, -0.05) is 344 Å². The zero-order chi connectivity index (χ0) is 59.9. The summed E-state index contributed by atoms with van der Waals surface area (Å²) in [6.45, 7) is 6.57. The highest BCUT2D eigenvalue weighted by Gasteiger charge is 2.19. The molecule has 482 valence electrons. The maximum atomic E-state index is 13.0. The van der Waals surface area contributed by atoms with Crippen LogP contribution in [0.4, 0.5) is 0 Å². The predicted molar refractivity (Wildman–Crippen MR) is 362 cm³/mol. The molecular weight excluding hydrogens is 1020 g/mol. The van der Waals surface area contributed by atoms with Crippen molar-refractivity contribution >= 4 is 17.9 Å². The van der Waals surface area contributed by atoms with Gasteiger partial charge in [0.2, 0.25) is 0 Å². The van der Waals surface area contributed by atoms with Crippen LogP contribution in [0.25, 0.3) is 0 Å². The number of rotatable bonds is 67. The van der Waals surface area contributed by atoms with E-state index in [1.54, 1.807) is 0 Å². The maximum Gasteiger partial charge on any atom is 0.306 e. The fourth-order valence-corrected chi connectivity index (χ4v) is 10.8. The Labute approximate surface area is 516 Å². The van der Waals surface area contributed by atoms with E-state index in [1.165, 1.54) is 244 Å². The van der Waals surface area contributed by atoms with Gasteiger partial charge in [-0.3, -0.25) is 14.4 Å². The average molecular weight is 1160 g/mol. The number of esters is 3. The Bertz CT molecular complexity index is 1520. The van der Waals surface area contributed by atoms with Gasteiger partial charge in [0.1, 0.15) is 13.2 Å². The predicted octanol–water partition coefficient (Wildman–Crippen LogP) is 25.2. The summed E-state index contributed by atoms with van der Waals surface area (Å²) in [6, 6.07) is 0. The summed E-state index contributed by atoms with van der Waals surface area (Å²) in [4.78, 5) is 38.5. The minimum absolute atomic E-state index is 0.0724. The average Bonchev–Trinajstić information content (AvgIpc) is 3.49. The minimum Gasteiger partial charge on any atom is -0.462 e. The molecule has 0 radical (unpaired) electrons. The van der Waals surface area contributed by atoms with Gasteiger partial charge in [0.05, 0.1) is 0 Å². The highest BCUT2D eigenvalue weighted by atomic mass is 16.6. The van der Waals surface area contributed by atoms with Gasteiger partial charge < -0.3 is 14.2 Å². The molecule has 0 fully saturated rings. The van der Waals surface area contributed by atoms with Crippen LogP contribution in [0.5, 0.6) is 0 Å². The van der Waals surface area contributed by atoms with E-state index in [0.717, 1.165) is 96.3 Å². The molecule has 0 rings (SSSR count). The fraction of sp³-hybridized carbons (Fsp3) is 0.805. The van der Waals surface area contributed by atoms with Gasteiger partial charge in [-0.15, -0.1) is 0 Å². The van der Waals surface area contributed by atoms with Crippen LogP contribution < -0.4 is 0 Å². The van der Waals surface area contributed by atoms with Crippen LogP contribution in [0, 0.1) is 0 Å². The first-order valence-corrected chi connectivity index (χ1v) is 36.4. The van der Waals surface area contributed by atoms with Crippen LogP contribution in [0.1, 0.15) is 380 Å². The van der Waals surface area contributed by atoms with E-state index in [0.29, 0.717) is 19.3 Å². The third kappa shape index (κ3) is 69.5. The molecule has 0 heterocycles. The Balaban J connectivity index is 4.22. The molecule has 0 bridgehead atoms. The molecule has 0 aromatic rings. The second kappa shape index (κ2) is 71.3. The lowest BCUT2D eigenvalue weighted by Crippen LogP contribution is -2.30. The van der Waals surface area contributed by atoms with Gasteiger partial charge in [0.25, 0.3) is 0 Å². The summed E-state index contributed by atoms with van der Waals surface area (Å²) < 4.78 is 17.0. The summed E-state index contributed by atoms with van der Waals surface area (Å²) in [6.07, 6.45) is 93.6. The van der Waals surface area contributed by atoms with E-state index in [4.69, 9.17) is 14.2 Å². The van der Waals surface area contributed by atoms with Crippen molar-refractivity contribution < 1.29 is 28.6 Å². The second-order valence-corrected chi connectivity index (χ2v) is 24.5. The Morgan fingerprint density at radius 3 is 0.747 bits per heavy atom. The number of hydrogen-bond acceptors (Lipinski definition) is 6. The summed E-state index contributed by atoms with van der Waals surface area (Å²) in [5.74, 6) is -0.854. The number of carbonyl (C=O) groups is 3. The number of hydrogen-bond donors (Lipinski definition) is 0. The van der Waals surface area contributed by atoms with E-state index in [2.05, 4.69) is 93.7 Å². The van der Waals surface area contributed by atoms with Crippen LogP contribution in [-0.2, 0) is 28.6 Å². The van der Waals surface area contributed by atoms with Gasteiger partial charge in [-0.25, -0.2) is 0 Å². The minimum atomic E-state index is -0.778. The van der Waals surface area contributed by atoms with Gasteiger partial charge in [-0.05, 0) is 89.9 Å². The number of unbranched alkanes of at least 4 members (excludes halogenated alkanes) is 44. The Hall–Kier alpha value is -3.15. The summed E-state index contributed by atoms with van der Waals surface area (Å²) >= 11 is 0. The molecule has 6 heteroatoms. The van der Waals surface area contributed by atoms with E-state index in [-0.39, 0.29) is 31.1 Å². The van der Waals surface area contributed by atoms with Crippen molar-refractivity contribution in [1.29, 1.82) is 0 Å². The molecule has 0 amide bonds. The third-order valence-corrected chi connectivity index (χ3v) is 16.2. The molecular formula is C77H138O6. The highest BCUT2D eigenvalue weighted by molar-refractivity contribution is 5.71. The summed E-state index contributed by atoms with van der Waals surface area (Å²) in [7, 11) is 0. The van der Waals surface area contributed by atoms with Crippen molar-refractivity contribution in [1.82, 2.24) is 0 Å². The van der Waals surface area contributed by atoms with Gasteiger partial charge in [-0.2, -0.15) is 0 Å². The topological polar surface area (TPSA) is 78.9 Å². The molecule has 0 aromatic heterocycles. The quantitative estimate of drug-likeness (QED) is 0.0261. The number of allylic oxidation sites excluding steroid dienone is 12. The molecule has 0 saturated carbocycles. The molecule has 0 spiro atoms. The first kappa shape index (κ1) is 79.8. The van der Waals surface area contributed by atoms with Crippen LogP contribution >= 0.6 is 0 Å². The first-order chi connectivity index (χ1) is 41.0. The lowest BCUT2D eigenvalue weighted by molar-refractivity contribution is -0.167. The van der Waals surface area contributed by atoms with Gasteiger partial charge in [0, 0.05) is 19.3 Å². The van der Waals surface area contributed by atoms with Crippen molar-refractivity contribution in [3.63, 3.8) is 0 Å². The zero-order valence-electron chi connectivity index (χ0n) is 55.5. The smallest absolute Gasteiger partial charge is 0.306 e. The Morgan fingerprint density at radius 1 is 0.253 bits per heavy atom. The lowest BCUT2D eigenvalue weighted by atomic mass is 10.0. The normalized spacial score (nSPS) is 12.5. The molecule has 0 aromatic carbocycles. The van der Waals surface area contributed by atoms with Crippen molar-refractivity contribution in [2.75, 3.05) is 13.2 Å². The largest absolute Gasteiger partial charge is 0.462 e. The van der Waals surface area contributed by atoms with Crippen LogP contribution in [0.3, 0.4) is 0 Å². The number of ether oxygens (including phenoxy) is 3. The third-order valence-electron chi connectivity index (χ3n) is 16.2. The summed E-state index contributed by atoms with van der Waals surface area (Å²) in [5.41, 5.74) is 0. The molecule has 0 aliphatic carbocycles. The van der Waals surface area contributed by atoms with Crippen molar-refractivity contribution in [2.45, 2.75) is 386 Å². The Morgan fingerprint density at radius 2 is 0.470 bits per heavy atom. The maximum absolute atomic E-state index is 13.0. The van der Waals surface area contributed by atoms with Gasteiger partial charge in [0.15, 0.2) is 6.10 Å². The zero-order valence-corrected chi connectivity index (χ0v) is 55.5. The van der Waals surface area contributed by atoms with E-state index < -0.39 is 6.10 Å². The van der Waals surface area contributed by atoms with E-state index in [1.807, 2.05) is 0 Å². The van der Waals surface area contributed by atoms with Crippen molar-refractivity contribution in [2.24, 2.45) is 0 Å². The van der Waals surface area contributed by atoms with E-state index >= 15 is 0 Å². The Kier molecular flexibility index (Phi) is 68.6. The molecule has 1 atom stereocenters. The fourth-order valence-electron chi connectivity index (χ4n) is 10.8. The SMILES string of the molecule is CC/C=C\C/C=C\C/C=C\C/C=C\CCCCCCCCCCCCCCCCCCCCC(=O)OCC(COC(=O)CCCCCCCCCCCCCCCCCC)OC(=O)CCCCCCCCC/C=C\C/C=C\CCCCCC. The van der Waals surface area contributed by atoms with E-state index in [9.17, 15) is 14.4 Å². The summed E-state index contributed by atoms with van der Waals surface area (Å²) in [5, 5.41) is 0. The highest BCUT2D eigenvalue weighted by Crippen LogP contribution is 2.18. The molecule has 1 unspecified atom stereocenters. The second-order valence-electron chi connectivity index (χ2n) is 24.5. The van der Waals surface area contributed by atoms with Gasteiger partial charge >= 0.3 is 17.9 Å². The molecule has 0 aliphatic heterocycles. The van der Waals surface area contributed by atoms with Crippen LogP contribution in [-0.4, -0.2) is 37.2 Å². The lowest BCUT2D eigenvalue weighted by Gasteiger charge is -2.18.